The summed E-state index contributed by atoms with van der Waals surface area (Å²) in [6.45, 7) is 3.57. The van der Waals surface area contributed by atoms with Gasteiger partial charge in [0.15, 0.2) is 0 Å². The van der Waals surface area contributed by atoms with Crippen molar-refractivity contribution in [3.05, 3.63) is 67.7 Å². The van der Waals surface area contributed by atoms with Gasteiger partial charge >= 0.3 is 5.97 Å². The molecule has 0 aliphatic carbocycles. The molecule has 0 aromatic heterocycles. The van der Waals surface area contributed by atoms with E-state index >= 15 is 0 Å². The lowest BCUT2D eigenvalue weighted by molar-refractivity contribution is -0.384. The molecule has 0 spiro atoms. The van der Waals surface area contributed by atoms with Crippen LogP contribution in [0, 0.1) is 17.0 Å². The minimum absolute atomic E-state index is 0.00312. The van der Waals surface area contributed by atoms with Gasteiger partial charge in [0.25, 0.3) is 11.6 Å². The highest BCUT2D eigenvalue weighted by atomic mass is 79.9. The van der Waals surface area contributed by atoms with Crippen LogP contribution in [0.4, 0.5) is 11.4 Å². The van der Waals surface area contributed by atoms with E-state index in [4.69, 9.17) is 4.74 Å². The topological polar surface area (TPSA) is 98.5 Å². The van der Waals surface area contributed by atoms with Crippen molar-refractivity contribution in [1.82, 2.24) is 0 Å². The van der Waals surface area contributed by atoms with E-state index in [1.807, 2.05) is 19.1 Å². The second-order valence-corrected chi connectivity index (χ2v) is 6.08. The summed E-state index contributed by atoms with van der Waals surface area (Å²) in [5, 5.41) is 13.8. The first-order valence-corrected chi connectivity index (χ1v) is 8.15. The predicted molar refractivity (Wildman–Crippen MR) is 95.9 cm³/mol. The lowest BCUT2D eigenvalue weighted by Crippen LogP contribution is -2.15. The molecule has 2 aromatic carbocycles. The van der Waals surface area contributed by atoms with Crippen LogP contribution in [-0.4, -0.2) is 23.4 Å². The standard InChI is InChI=1S/C17H15BrN2O5/c1-3-25-17(22)12-6-11(7-14(8-12)20(23)24)16(21)19-15-9-13(18)5-4-10(15)2/h4-9H,3H2,1-2H3,(H,19,21). The number of hydrogen-bond acceptors (Lipinski definition) is 5. The van der Waals surface area contributed by atoms with Crippen LogP contribution in [0.25, 0.3) is 0 Å². The van der Waals surface area contributed by atoms with E-state index in [1.54, 1.807) is 13.0 Å². The minimum atomic E-state index is -0.723. The second-order valence-electron chi connectivity index (χ2n) is 5.16. The Morgan fingerprint density at radius 3 is 2.52 bits per heavy atom. The van der Waals surface area contributed by atoms with E-state index in [9.17, 15) is 19.7 Å². The Bertz CT molecular complexity index is 851. The molecule has 1 N–H and O–H groups in total. The fourth-order valence-electron chi connectivity index (χ4n) is 2.10. The Hall–Kier alpha value is -2.74. The number of anilines is 1. The maximum Gasteiger partial charge on any atom is 0.338 e. The molecule has 7 nitrogen and oxygen atoms in total. The summed E-state index contributed by atoms with van der Waals surface area (Å²) in [6, 6.07) is 8.84. The van der Waals surface area contributed by atoms with Crippen LogP contribution in [0.3, 0.4) is 0 Å². The molecule has 25 heavy (non-hydrogen) atoms. The number of hydrogen-bond donors (Lipinski definition) is 1. The number of nitrogens with zero attached hydrogens (tertiary/aromatic N) is 1. The molecule has 2 aromatic rings. The summed E-state index contributed by atoms with van der Waals surface area (Å²) in [6.07, 6.45) is 0. The number of carbonyl (C=O) groups is 2. The van der Waals surface area contributed by atoms with E-state index in [-0.39, 0.29) is 23.4 Å². The summed E-state index contributed by atoms with van der Waals surface area (Å²) in [5.74, 6) is -1.28. The molecule has 0 bridgehead atoms. The third-order valence-electron chi connectivity index (χ3n) is 3.35. The van der Waals surface area contributed by atoms with Gasteiger partial charge in [0, 0.05) is 27.9 Å². The number of benzene rings is 2. The average molecular weight is 407 g/mol. The summed E-state index contributed by atoms with van der Waals surface area (Å²) in [5.41, 5.74) is 0.974. The molecule has 1 amide bonds. The van der Waals surface area contributed by atoms with Crippen molar-refractivity contribution in [3.63, 3.8) is 0 Å². The lowest BCUT2D eigenvalue weighted by Gasteiger charge is -2.10. The fourth-order valence-corrected chi connectivity index (χ4v) is 2.46. The van der Waals surface area contributed by atoms with E-state index < -0.39 is 16.8 Å². The molecule has 0 aliphatic heterocycles. The fraction of sp³-hybridized carbons (Fsp3) is 0.176. The quantitative estimate of drug-likeness (QED) is 0.457. The molecule has 0 radical (unpaired) electrons. The van der Waals surface area contributed by atoms with Gasteiger partial charge in [-0.25, -0.2) is 4.79 Å². The van der Waals surface area contributed by atoms with Crippen molar-refractivity contribution in [1.29, 1.82) is 0 Å². The molecular weight excluding hydrogens is 392 g/mol. The molecule has 130 valence electrons. The number of rotatable bonds is 5. The first-order valence-electron chi connectivity index (χ1n) is 7.36. The van der Waals surface area contributed by atoms with Crippen LogP contribution in [0.2, 0.25) is 0 Å². The van der Waals surface area contributed by atoms with Gasteiger partial charge in [-0.15, -0.1) is 0 Å². The van der Waals surface area contributed by atoms with Gasteiger partial charge < -0.3 is 10.1 Å². The van der Waals surface area contributed by atoms with Crippen LogP contribution in [0.1, 0.15) is 33.2 Å². The average Bonchev–Trinajstić information content (AvgIpc) is 2.57. The number of nitrogens with one attached hydrogen (secondary N) is 1. The van der Waals surface area contributed by atoms with E-state index in [2.05, 4.69) is 21.2 Å². The number of nitro benzene ring substituents is 1. The van der Waals surface area contributed by atoms with Crippen molar-refractivity contribution in [2.24, 2.45) is 0 Å². The van der Waals surface area contributed by atoms with Crippen molar-refractivity contribution >= 4 is 39.2 Å². The van der Waals surface area contributed by atoms with Gasteiger partial charge in [0.1, 0.15) is 0 Å². The number of carbonyl (C=O) groups excluding carboxylic acids is 2. The summed E-state index contributed by atoms with van der Waals surface area (Å²) in [7, 11) is 0. The highest BCUT2D eigenvalue weighted by Crippen LogP contribution is 2.23. The van der Waals surface area contributed by atoms with Gasteiger partial charge in [-0.1, -0.05) is 22.0 Å². The molecule has 0 saturated heterocycles. The van der Waals surface area contributed by atoms with Crippen molar-refractivity contribution < 1.29 is 19.2 Å². The third kappa shape index (κ3) is 4.63. The van der Waals surface area contributed by atoms with Crippen molar-refractivity contribution in [2.75, 3.05) is 11.9 Å². The zero-order chi connectivity index (χ0) is 18.6. The zero-order valence-electron chi connectivity index (χ0n) is 13.5. The first-order chi connectivity index (χ1) is 11.8. The maximum atomic E-state index is 12.5. The smallest absolute Gasteiger partial charge is 0.338 e. The Labute approximate surface area is 152 Å². The summed E-state index contributed by atoms with van der Waals surface area (Å²) >= 11 is 3.32. The van der Waals surface area contributed by atoms with Gasteiger partial charge in [0.05, 0.1) is 17.1 Å². The minimum Gasteiger partial charge on any atom is -0.462 e. The third-order valence-corrected chi connectivity index (χ3v) is 3.84. The highest BCUT2D eigenvalue weighted by molar-refractivity contribution is 9.10. The molecule has 0 fully saturated rings. The van der Waals surface area contributed by atoms with Gasteiger partial charge in [-0.05, 0) is 37.6 Å². The van der Waals surface area contributed by atoms with Gasteiger partial charge in [-0.2, -0.15) is 0 Å². The SMILES string of the molecule is CCOC(=O)c1cc(C(=O)Nc2cc(Br)ccc2C)cc([N+](=O)[O-])c1. The first kappa shape index (κ1) is 18.6. The molecule has 0 unspecified atom stereocenters. The highest BCUT2D eigenvalue weighted by Gasteiger charge is 2.19. The number of ether oxygens (including phenoxy) is 1. The number of amides is 1. The molecule has 0 saturated carbocycles. The molecular formula is C17H15BrN2O5. The maximum absolute atomic E-state index is 12.5. The van der Waals surface area contributed by atoms with Gasteiger partial charge in [-0.3, -0.25) is 14.9 Å². The molecule has 0 aliphatic rings. The van der Waals surface area contributed by atoms with Crippen molar-refractivity contribution in [2.45, 2.75) is 13.8 Å². The Morgan fingerprint density at radius 1 is 1.20 bits per heavy atom. The van der Waals surface area contributed by atoms with Gasteiger partial charge in [0.2, 0.25) is 0 Å². The summed E-state index contributed by atoms with van der Waals surface area (Å²) < 4.78 is 5.63. The van der Waals surface area contributed by atoms with Crippen LogP contribution in [-0.2, 0) is 4.74 Å². The monoisotopic (exact) mass is 406 g/mol. The van der Waals surface area contributed by atoms with Crippen LogP contribution in [0.5, 0.6) is 0 Å². The lowest BCUT2D eigenvalue weighted by atomic mass is 10.1. The molecule has 0 atom stereocenters. The predicted octanol–water partition coefficient (Wildman–Crippen LogP) is 4.09. The number of halogens is 1. The molecule has 0 heterocycles. The number of non-ortho nitro benzene ring substituents is 1. The Balaban J connectivity index is 2.39. The number of nitro groups is 1. The van der Waals surface area contributed by atoms with Crippen LogP contribution >= 0.6 is 15.9 Å². The normalized spacial score (nSPS) is 10.2. The second kappa shape index (κ2) is 7.89. The van der Waals surface area contributed by atoms with Crippen molar-refractivity contribution in [3.8, 4) is 0 Å². The largest absolute Gasteiger partial charge is 0.462 e. The number of esters is 1. The van der Waals surface area contributed by atoms with Crippen LogP contribution in [0.15, 0.2) is 40.9 Å². The summed E-state index contributed by atoms with van der Waals surface area (Å²) in [4.78, 5) is 34.8. The van der Waals surface area contributed by atoms with Crippen LogP contribution < -0.4 is 5.32 Å². The van der Waals surface area contributed by atoms with E-state index in [0.29, 0.717) is 5.69 Å². The van der Waals surface area contributed by atoms with E-state index in [1.165, 1.54) is 6.07 Å². The van der Waals surface area contributed by atoms with E-state index in [0.717, 1.165) is 22.2 Å². The molecule has 8 heteroatoms. The molecule has 2 rings (SSSR count). The zero-order valence-corrected chi connectivity index (χ0v) is 15.1. The Kier molecular flexibility index (Phi) is 5.87. The Morgan fingerprint density at radius 2 is 1.88 bits per heavy atom. The number of aryl methyl sites for hydroxylation is 1.